The van der Waals surface area contributed by atoms with Crippen molar-refractivity contribution in [2.24, 2.45) is 0 Å². The topological polar surface area (TPSA) is 90.9 Å². The number of hydrogen-bond donors (Lipinski definition) is 1. The summed E-state index contributed by atoms with van der Waals surface area (Å²) in [5, 5.41) is 3.20. The fourth-order valence-corrected chi connectivity index (χ4v) is 4.51. The van der Waals surface area contributed by atoms with Gasteiger partial charge in [0.2, 0.25) is 0 Å². The molecule has 1 amide bonds. The van der Waals surface area contributed by atoms with Crippen LogP contribution < -0.4 is 10.1 Å². The van der Waals surface area contributed by atoms with Gasteiger partial charge in [-0.1, -0.05) is 18.2 Å². The van der Waals surface area contributed by atoms with Crippen molar-refractivity contribution >= 4 is 34.2 Å². The molecule has 0 spiro atoms. The van der Waals surface area contributed by atoms with E-state index >= 15 is 0 Å². The minimum Gasteiger partial charge on any atom is -0.482 e. The lowest BCUT2D eigenvalue weighted by Crippen LogP contribution is -2.32. The summed E-state index contributed by atoms with van der Waals surface area (Å²) in [7, 11) is 0. The Balaban J connectivity index is 1.62. The number of amides is 1. The Morgan fingerprint density at radius 3 is 2.60 bits per heavy atom. The van der Waals surface area contributed by atoms with Gasteiger partial charge in [0, 0.05) is 4.88 Å². The quantitative estimate of drug-likeness (QED) is 0.640. The number of hydrogen-bond acceptors (Lipinski definition) is 7. The van der Waals surface area contributed by atoms with Gasteiger partial charge in [0.1, 0.15) is 10.8 Å². The molecular weight excluding hydrogens is 406 g/mol. The molecule has 2 aromatic rings. The van der Waals surface area contributed by atoms with Crippen LogP contribution in [0.3, 0.4) is 0 Å². The Morgan fingerprint density at radius 2 is 1.87 bits per heavy atom. The molecular formula is C22H25NO6S. The monoisotopic (exact) mass is 431 g/mol. The second kappa shape index (κ2) is 10.2. The fraction of sp³-hybridized carbons (Fsp3) is 0.409. The molecule has 1 aliphatic rings. The Hall–Kier alpha value is -2.87. The largest absolute Gasteiger partial charge is 0.482 e. The van der Waals surface area contributed by atoms with Gasteiger partial charge in [-0.15, -0.1) is 11.3 Å². The lowest BCUT2D eigenvalue weighted by Gasteiger charge is -2.14. The summed E-state index contributed by atoms with van der Waals surface area (Å²) < 4.78 is 15.7. The molecule has 0 fully saturated rings. The SMILES string of the molecule is CCOC(=O)c1c(NC(=O)C(C)OC(=O)COc2ccccc2)sc2c1CCCC2. The van der Waals surface area contributed by atoms with Crippen LogP contribution in [0.25, 0.3) is 0 Å². The third kappa shape index (κ3) is 5.38. The van der Waals surface area contributed by atoms with Gasteiger partial charge in [-0.05, 0) is 57.2 Å². The molecule has 30 heavy (non-hydrogen) atoms. The van der Waals surface area contributed by atoms with E-state index in [9.17, 15) is 14.4 Å². The van der Waals surface area contributed by atoms with Crippen LogP contribution in [0, 0.1) is 0 Å². The van der Waals surface area contributed by atoms with Gasteiger partial charge in [0.05, 0.1) is 12.2 Å². The van der Waals surface area contributed by atoms with Crippen LogP contribution in [-0.4, -0.2) is 37.2 Å². The minimum absolute atomic E-state index is 0.256. The smallest absolute Gasteiger partial charge is 0.344 e. The van der Waals surface area contributed by atoms with Crippen LogP contribution in [0.5, 0.6) is 5.75 Å². The third-order valence-corrected chi connectivity index (χ3v) is 5.87. The van der Waals surface area contributed by atoms with Crippen molar-refractivity contribution in [3.8, 4) is 5.75 Å². The number of ether oxygens (including phenoxy) is 3. The number of carbonyl (C=O) groups excluding carboxylic acids is 3. The Bertz CT molecular complexity index is 908. The van der Waals surface area contributed by atoms with Gasteiger partial charge in [0.25, 0.3) is 5.91 Å². The lowest BCUT2D eigenvalue weighted by molar-refractivity contribution is -0.155. The van der Waals surface area contributed by atoms with E-state index in [0.29, 0.717) is 16.3 Å². The zero-order valence-corrected chi connectivity index (χ0v) is 17.9. The predicted molar refractivity (Wildman–Crippen MR) is 113 cm³/mol. The van der Waals surface area contributed by atoms with Crippen molar-refractivity contribution in [3.63, 3.8) is 0 Å². The molecule has 1 atom stereocenters. The first-order valence-corrected chi connectivity index (χ1v) is 10.8. The number of thiophene rings is 1. The van der Waals surface area contributed by atoms with Crippen molar-refractivity contribution in [2.75, 3.05) is 18.5 Å². The Kier molecular flexibility index (Phi) is 7.46. The molecule has 7 nitrogen and oxygen atoms in total. The molecule has 1 N–H and O–H groups in total. The van der Waals surface area contributed by atoms with Gasteiger partial charge in [0.15, 0.2) is 12.7 Å². The number of esters is 2. The minimum atomic E-state index is -1.04. The maximum Gasteiger partial charge on any atom is 0.344 e. The number of para-hydroxylation sites is 1. The summed E-state index contributed by atoms with van der Waals surface area (Å²) in [6, 6.07) is 8.86. The van der Waals surface area contributed by atoms with E-state index in [1.54, 1.807) is 31.2 Å². The molecule has 0 saturated carbocycles. The van der Waals surface area contributed by atoms with E-state index in [4.69, 9.17) is 14.2 Å². The van der Waals surface area contributed by atoms with Gasteiger partial charge in [-0.25, -0.2) is 9.59 Å². The van der Waals surface area contributed by atoms with Crippen LogP contribution >= 0.6 is 11.3 Å². The van der Waals surface area contributed by atoms with Crippen molar-refractivity contribution in [3.05, 3.63) is 46.3 Å². The Morgan fingerprint density at radius 1 is 1.13 bits per heavy atom. The van der Waals surface area contributed by atoms with Gasteiger partial charge < -0.3 is 19.5 Å². The summed E-state index contributed by atoms with van der Waals surface area (Å²) in [6.07, 6.45) is 2.68. The van der Waals surface area contributed by atoms with Gasteiger partial charge in [-0.2, -0.15) is 0 Å². The fourth-order valence-electron chi connectivity index (χ4n) is 3.23. The van der Waals surface area contributed by atoms with Crippen molar-refractivity contribution in [1.29, 1.82) is 0 Å². The van der Waals surface area contributed by atoms with Crippen molar-refractivity contribution in [2.45, 2.75) is 45.6 Å². The lowest BCUT2D eigenvalue weighted by atomic mass is 9.95. The van der Waals surface area contributed by atoms with E-state index in [-0.39, 0.29) is 13.2 Å². The molecule has 1 unspecified atom stereocenters. The van der Waals surface area contributed by atoms with Crippen LogP contribution in [0.15, 0.2) is 30.3 Å². The molecule has 160 valence electrons. The zero-order chi connectivity index (χ0) is 21.5. The van der Waals surface area contributed by atoms with Gasteiger partial charge >= 0.3 is 11.9 Å². The van der Waals surface area contributed by atoms with Crippen LogP contribution in [0.1, 0.15) is 47.5 Å². The van der Waals surface area contributed by atoms with Crippen molar-refractivity contribution in [1.82, 2.24) is 0 Å². The zero-order valence-electron chi connectivity index (χ0n) is 17.1. The standard InChI is InChI=1S/C22H25NO6S/c1-3-27-22(26)19-16-11-7-8-12-17(16)30-21(19)23-20(25)14(2)29-18(24)13-28-15-9-5-4-6-10-15/h4-6,9-10,14H,3,7-8,11-13H2,1-2H3,(H,23,25). The highest BCUT2D eigenvalue weighted by Crippen LogP contribution is 2.38. The molecule has 3 rings (SSSR count). The van der Waals surface area contributed by atoms with E-state index in [2.05, 4.69) is 5.32 Å². The summed E-state index contributed by atoms with van der Waals surface area (Å²) in [5.41, 5.74) is 1.39. The average Bonchev–Trinajstić information content (AvgIpc) is 3.11. The predicted octanol–water partition coefficient (Wildman–Crippen LogP) is 3.75. The Labute approximate surface area is 179 Å². The number of nitrogens with one attached hydrogen (secondary N) is 1. The number of fused-ring (bicyclic) bond motifs is 1. The summed E-state index contributed by atoms with van der Waals surface area (Å²) in [5.74, 6) is -1.06. The number of aryl methyl sites for hydroxylation is 1. The van der Waals surface area contributed by atoms with E-state index < -0.39 is 23.9 Å². The van der Waals surface area contributed by atoms with Crippen LogP contribution in [0.4, 0.5) is 5.00 Å². The molecule has 0 radical (unpaired) electrons. The van der Waals surface area contributed by atoms with Crippen LogP contribution in [-0.2, 0) is 31.9 Å². The number of carbonyl (C=O) groups is 3. The molecule has 0 bridgehead atoms. The summed E-state index contributed by atoms with van der Waals surface area (Å²) in [4.78, 5) is 38.2. The first-order chi connectivity index (χ1) is 14.5. The number of benzene rings is 1. The molecule has 1 aliphatic carbocycles. The maximum atomic E-state index is 12.6. The second-order valence-electron chi connectivity index (χ2n) is 6.86. The maximum absolute atomic E-state index is 12.6. The molecule has 1 heterocycles. The highest BCUT2D eigenvalue weighted by Gasteiger charge is 2.28. The summed E-state index contributed by atoms with van der Waals surface area (Å²) in [6.45, 7) is 3.18. The molecule has 1 aromatic heterocycles. The number of rotatable bonds is 8. The van der Waals surface area contributed by atoms with E-state index in [1.807, 2.05) is 6.07 Å². The van der Waals surface area contributed by atoms with Crippen LogP contribution in [0.2, 0.25) is 0 Å². The van der Waals surface area contributed by atoms with E-state index in [0.717, 1.165) is 36.1 Å². The second-order valence-corrected chi connectivity index (χ2v) is 7.96. The van der Waals surface area contributed by atoms with E-state index in [1.165, 1.54) is 18.3 Å². The highest BCUT2D eigenvalue weighted by molar-refractivity contribution is 7.17. The summed E-state index contributed by atoms with van der Waals surface area (Å²) >= 11 is 1.39. The van der Waals surface area contributed by atoms with Gasteiger partial charge in [-0.3, -0.25) is 4.79 Å². The molecule has 0 saturated heterocycles. The molecule has 0 aliphatic heterocycles. The first kappa shape index (κ1) is 21.8. The average molecular weight is 432 g/mol. The van der Waals surface area contributed by atoms with Crippen molar-refractivity contribution < 1.29 is 28.6 Å². The molecule has 1 aromatic carbocycles. The number of anilines is 1. The first-order valence-electron chi connectivity index (χ1n) is 9.99. The highest BCUT2D eigenvalue weighted by atomic mass is 32.1. The molecule has 8 heteroatoms. The normalized spacial score (nSPS) is 13.7. The third-order valence-electron chi connectivity index (χ3n) is 4.66.